The summed E-state index contributed by atoms with van der Waals surface area (Å²) in [5, 5.41) is 0.613. The number of aryl methyl sites for hydroxylation is 2. The van der Waals surface area contributed by atoms with E-state index in [1.165, 1.54) is 11.6 Å². The monoisotopic (exact) mass is 443 g/mol. The van der Waals surface area contributed by atoms with Crippen molar-refractivity contribution in [1.82, 2.24) is 23.1 Å². The van der Waals surface area contributed by atoms with Gasteiger partial charge in [0.05, 0.1) is 12.3 Å². The first-order valence-electron chi connectivity index (χ1n) is 9.80. The van der Waals surface area contributed by atoms with E-state index in [0.29, 0.717) is 10.8 Å². The molecule has 0 saturated heterocycles. The van der Waals surface area contributed by atoms with Crippen molar-refractivity contribution in [2.45, 2.75) is 34.2 Å². The van der Waals surface area contributed by atoms with Gasteiger partial charge in [-0.3, -0.25) is 23.1 Å². The standard InChI is InChI=1S/C21H22ClN5O4/c1-6-31-16(28)10-25-19(29)17-18(24(5)21(25)30)23-20-26(12(3)13(4)27(17)20)15-9-7-8-14(22)11(15)2/h7-9H,6,10H2,1-5H3. The summed E-state index contributed by atoms with van der Waals surface area (Å²) in [6.07, 6.45) is 0. The number of aromatic nitrogens is 5. The van der Waals surface area contributed by atoms with Gasteiger partial charge in [-0.2, -0.15) is 4.98 Å². The second-order valence-corrected chi connectivity index (χ2v) is 7.75. The van der Waals surface area contributed by atoms with Crippen LogP contribution in [0, 0.1) is 20.8 Å². The van der Waals surface area contributed by atoms with Crippen LogP contribution in [0.25, 0.3) is 22.6 Å². The van der Waals surface area contributed by atoms with Gasteiger partial charge < -0.3 is 4.74 Å². The fourth-order valence-electron chi connectivity index (χ4n) is 3.85. The lowest BCUT2D eigenvalue weighted by Gasteiger charge is -2.11. The van der Waals surface area contributed by atoms with Crippen LogP contribution in [-0.4, -0.2) is 35.7 Å². The molecule has 0 radical (unpaired) electrons. The number of imidazole rings is 2. The van der Waals surface area contributed by atoms with E-state index in [1.54, 1.807) is 11.3 Å². The lowest BCUT2D eigenvalue weighted by atomic mass is 10.2. The van der Waals surface area contributed by atoms with Crippen LogP contribution in [0.2, 0.25) is 5.02 Å². The summed E-state index contributed by atoms with van der Waals surface area (Å²) in [6.45, 7) is 7.07. The molecule has 0 saturated carbocycles. The van der Waals surface area contributed by atoms with Crippen LogP contribution >= 0.6 is 11.6 Å². The maximum absolute atomic E-state index is 13.3. The Bertz CT molecular complexity index is 1490. The molecular formula is C21H22ClN5O4. The number of carbonyl (C=O) groups excluding carboxylic acids is 1. The van der Waals surface area contributed by atoms with E-state index >= 15 is 0 Å². The highest BCUT2D eigenvalue weighted by Crippen LogP contribution is 2.28. The number of nitrogens with zero attached hydrogens (tertiary/aromatic N) is 5. The lowest BCUT2D eigenvalue weighted by molar-refractivity contribution is -0.143. The van der Waals surface area contributed by atoms with Gasteiger partial charge in [-0.15, -0.1) is 0 Å². The van der Waals surface area contributed by atoms with Crippen molar-refractivity contribution < 1.29 is 9.53 Å². The minimum Gasteiger partial charge on any atom is -0.465 e. The first-order chi connectivity index (χ1) is 14.7. The molecule has 0 aliphatic carbocycles. The van der Waals surface area contributed by atoms with Crippen LogP contribution in [0.5, 0.6) is 0 Å². The molecule has 10 heteroatoms. The number of esters is 1. The molecule has 162 valence electrons. The average Bonchev–Trinajstić information content (AvgIpc) is 3.22. The van der Waals surface area contributed by atoms with E-state index in [-0.39, 0.29) is 17.8 Å². The predicted molar refractivity (Wildman–Crippen MR) is 117 cm³/mol. The van der Waals surface area contributed by atoms with Gasteiger partial charge in [-0.1, -0.05) is 17.7 Å². The first kappa shape index (κ1) is 20.9. The van der Waals surface area contributed by atoms with Crippen molar-refractivity contribution in [3.05, 3.63) is 61.0 Å². The van der Waals surface area contributed by atoms with E-state index in [9.17, 15) is 14.4 Å². The van der Waals surface area contributed by atoms with E-state index in [4.69, 9.17) is 16.3 Å². The molecule has 0 spiro atoms. The smallest absolute Gasteiger partial charge is 0.333 e. The highest BCUT2D eigenvalue weighted by molar-refractivity contribution is 6.31. The SMILES string of the molecule is CCOC(=O)Cn1c(=O)c2c(nc3n(-c4cccc(Cl)c4C)c(C)c(C)n23)n(C)c1=O. The van der Waals surface area contributed by atoms with E-state index in [1.807, 2.05) is 43.5 Å². The van der Waals surface area contributed by atoms with Crippen molar-refractivity contribution in [1.29, 1.82) is 0 Å². The number of fused-ring (bicyclic) bond motifs is 3. The third kappa shape index (κ3) is 2.99. The van der Waals surface area contributed by atoms with Gasteiger partial charge in [0, 0.05) is 23.5 Å². The first-order valence-corrected chi connectivity index (χ1v) is 10.2. The Hall–Kier alpha value is -3.33. The van der Waals surface area contributed by atoms with Crippen LogP contribution in [0.4, 0.5) is 0 Å². The number of halogens is 1. The molecule has 0 fully saturated rings. The van der Waals surface area contributed by atoms with Crippen molar-refractivity contribution in [2.75, 3.05) is 6.61 Å². The summed E-state index contributed by atoms with van der Waals surface area (Å²) >= 11 is 6.34. The molecule has 31 heavy (non-hydrogen) atoms. The van der Waals surface area contributed by atoms with Crippen LogP contribution in [0.3, 0.4) is 0 Å². The van der Waals surface area contributed by atoms with Gasteiger partial charge in [-0.05, 0) is 45.4 Å². The van der Waals surface area contributed by atoms with Crippen molar-refractivity contribution in [3.8, 4) is 5.69 Å². The predicted octanol–water partition coefficient (Wildman–Crippen LogP) is 2.28. The van der Waals surface area contributed by atoms with Crippen LogP contribution in [0.1, 0.15) is 23.9 Å². The Kier molecular flexibility index (Phi) is 5.01. The summed E-state index contributed by atoms with van der Waals surface area (Å²) in [7, 11) is 1.52. The fourth-order valence-corrected chi connectivity index (χ4v) is 4.02. The topological polar surface area (TPSA) is 92.5 Å². The molecule has 3 aromatic heterocycles. The van der Waals surface area contributed by atoms with Gasteiger partial charge in [0.15, 0.2) is 11.2 Å². The van der Waals surface area contributed by atoms with Crippen LogP contribution in [0.15, 0.2) is 27.8 Å². The number of rotatable bonds is 4. The highest BCUT2D eigenvalue weighted by Gasteiger charge is 2.24. The largest absolute Gasteiger partial charge is 0.465 e. The van der Waals surface area contributed by atoms with Crippen molar-refractivity contribution in [3.63, 3.8) is 0 Å². The molecular weight excluding hydrogens is 422 g/mol. The summed E-state index contributed by atoms with van der Waals surface area (Å²) in [5.74, 6) is -0.168. The molecule has 0 aliphatic heterocycles. The zero-order chi connectivity index (χ0) is 22.6. The molecule has 4 rings (SSSR count). The number of hydrogen-bond donors (Lipinski definition) is 0. The molecule has 0 N–H and O–H groups in total. The molecule has 0 unspecified atom stereocenters. The summed E-state index contributed by atoms with van der Waals surface area (Å²) in [6, 6.07) is 5.58. The van der Waals surface area contributed by atoms with Gasteiger partial charge in [0.2, 0.25) is 5.78 Å². The van der Waals surface area contributed by atoms with Gasteiger partial charge in [-0.25, -0.2) is 9.36 Å². The van der Waals surface area contributed by atoms with E-state index in [2.05, 4.69) is 4.98 Å². The van der Waals surface area contributed by atoms with Crippen LogP contribution in [-0.2, 0) is 23.1 Å². The zero-order valence-electron chi connectivity index (χ0n) is 17.9. The number of carbonyl (C=O) groups is 1. The summed E-state index contributed by atoms with van der Waals surface area (Å²) in [5.41, 5.74) is 2.59. The molecule has 0 aliphatic rings. The Morgan fingerprint density at radius 1 is 1.16 bits per heavy atom. The zero-order valence-corrected chi connectivity index (χ0v) is 18.6. The second kappa shape index (κ2) is 7.42. The maximum Gasteiger partial charge on any atom is 0.333 e. The molecule has 0 atom stereocenters. The van der Waals surface area contributed by atoms with E-state index in [0.717, 1.165) is 27.2 Å². The minimum atomic E-state index is -0.651. The third-order valence-corrected chi connectivity index (χ3v) is 6.00. The van der Waals surface area contributed by atoms with E-state index < -0.39 is 23.8 Å². The highest BCUT2D eigenvalue weighted by atomic mass is 35.5. The fraction of sp³-hybridized carbons (Fsp3) is 0.333. The summed E-state index contributed by atoms with van der Waals surface area (Å²) in [4.78, 5) is 42.7. The average molecular weight is 444 g/mol. The molecule has 9 nitrogen and oxygen atoms in total. The Balaban J connectivity index is 2.11. The Morgan fingerprint density at radius 2 is 1.87 bits per heavy atom. The molecule has 0 amide bonds. The number of benzene rings is 1. The van der Waals surface area contributed by atoms with Gasteiger partial charge in [0.1, 0.15) is 6.54 Å². The maximum atomic E-state index is 13.3. The Morgan fingerprint density at radius 3 is 2.55 bits per heavy atom. The van der Waals surface area contributed by atoms with Crippen LogP contribution < -0.4 is 11.2 Å². The summed E-state index contributed by atoms with van der Waals surface area (Å²) < 4.78 is 10.7. The number of ether oxygens (including phenoxy) is 1. The molecule has 0 bridgehead atoms. The Labute approximate surface area is 182 Å². The quantitative estimate of drug-likeness (QED) is 0.451. The molecule has 3 heterocycles. The van der Waals surface area contributed by atoms with Crippen molar-refractivity contribution >= 4 is 34.5 Å². The normalized spacial score (nSPS) is 11.5. The molecule has 4 aromatic rings. The second-order valence-electron chi connectivity index (χ2n) is 7.35. The van der Waals surface area contributed by atoms with Crippen molar-refractivity contribution in [2.24, 2.45) is 7.05 Å². The molecule has 1 aromatic carbocycles. The number of hydrogen-bond acceptors (Lipinski definition) is 5. The lowest BCUT2D eigenvalue weighted by Crippen LogP contribution is -2.41. The minimum absolute atomic E-state index is 0.160. The van der Waals surface area contributed by atoms with Gasteiger partial charge >= 0.3 is 11.7 Å². The van der Waals surface area contributed by atoms with Gasteiger partial charge in [0.25, 0.3) is 5.56 Å². The third-order valence-electron chi connectivity index (χ3n) is 5.59.